The summed E-state index contributed by atoms with van der Waals surface area (Å²) in [6.07, 6.45) is 0. The highest BCUT2D eigenvalue weighted by atomic mass is 35.5. The minimum absolute atomic E-state index is 0.0763. The lowest BCUT2D eigenvalue weighted by molar-refractivity contribution is -0.385. The number of nitro groups is 1. The summed E-state index contributed by atoms with van der Waals surface area (Å²) in [5.74, 6) is -1.57. The number of nitrogens with zero attached hydrogens (tertiary/aromatic N) is 3. The van der Waals surface area contributed by atoms with Gasteiger partial charge in [0.15, 0.2) is 5.82 Å². The first-order valence-electron chi connectivity index (χ1n) is 4.18. The molecular formula is C8H3ClFN3O3S. The molecule has 0 unspecified atom stereocenters. The minimum atomic E-state index is -0.872. The number of nitro benzene ring substituents is 1. The molecule has 0 radical (unpaired) electrons. The van der Waals surface area contributed by atoms with Gasteiger partial charge in [-0.15, -0.1) is 4.37 Å². The highest BCUT2D eigenvalue weighted by Crippen LogP contribution is 2.35. The molecule has 6 nitrogen and oxygen atoms in total. The van der Waals surface area contributed by atoms with E-state index in [1.807, 2.05) is 0 Å². The molecule has 0 fully saturated rings. The molecule has 2 aromatic rings. The van der Waals surface area contributed by atoms with Crippen molar-refractivity contribution in [2.75, 3.05) is 0 Å². The second-order valence-corrected chi connectivity index (χ2v) is 3.69. The van der Waals surface area contributed by atoms with Crippen molar-refractivity contribution in [2.45, 2.75) is 0 Å². The summed E-state index contributed by atoms with van der Waals surface area (Å²) in [4.78, 5) is 9.92. The van der Waals surface area contributed by atoms with Crippen LogP contribution in [-0.2, 0) is 0 Å². The highest BCUT2D eigenvalue weighted by Gasteiger charge is 2.22. The molecule has 1 aromatic heterocycles. The fourth-order valence-corrected chi connectivity index (χ4v) is 1.68. The third-order valence-electron chi connectivity index (χ3n) is 1.76. The fourth-order valence-electron chi connectivity index (χ4n) is 1.07. The molecule has 0 amide bonds. The Morgan fingerprint density at radius 3 is 2.82 bits per heavy atom. The first kappa shape index (κ1) is 11.7. The van der Waals surface area contributed by atoms with Crippen LogP contribution in [0.1, 0.15) is 0 Å². The predicted octanol–water partition coefficient (Wildman–Crippen LogP) is 3.03. The Balaban J connectivity index is 2.45. The summed E-state index contributed by atoms with van der Waals surface area (Å²) in [5.41, 5.74) is -0.505. The maximum Gasteiger partial charge on any atom is 0.314 e. The van der Waals surface area contributed by atoms with Gasteiger partial charge >= 0.3 is 5.69 Å². The van der Waals surface area contributed by atoms with Crippen LogP contribution in [-0.4, -0.2) is 13.7 Å². The average Bonchev–Trinajstić information content (AvgIpc) is 2.67. The van der Waals surface area contributed by atoms with Gasteiger partial charge in [-0.1, -0.05) is 17.7 Å². The zero-order valence-corrected chi connectivity index (χ0v) is 9.54. The van der Waals surface area contributed by atoms with Crippen molar-refractivity contribution in [3.05, 3.63) is 39.3 Å². The van der Waals surface area contributed by atoms with Crippen molar-refractivity contribution in [1.29, 1.82) is 0 Å². The number of hydrogen-bond donors (Lipinski definition) is 0. The second kappa shape index (κ2) is 4.60. The Kier molecular flexibility index (Phi) is 3.16. The maximum atomic E-state index is 13.4. The molecule has 17 heavy (non-hydrogen) atoms. The predicted molar refractivity (Wildman–Crippen MR) is 58.0 cm³/mol. The molecule has 9 heteroatoms. The van der Waals surface area contributed by atoms with Gasteiger partial charge in [0.1, 0.15) is 0 Å². The Labute approximate surface area is 103 Å². The molecule has 0 aliphatic heterocycles. The van der Waals surface area contributed by atoms with Crippen LogP contribution < -0.4 is 4.74 Å². The van der Waals surface area contributed by atoms with Crippen LogP contribution in [0.3, 0.4) is 0 Å². The number of benzene rings is 1. The van der Waals surface area contributed by atoms with Gasteiger partial charge < -0.3 is 4.74 Å². The van der Waals surface area contributed by atoms with Crippen molar-refractivity contribution in [2.24, 2.45) is 0 Å². The van der Waals surface area contributed by atoms with Gasteiger partial charge in [-0.25, -0.2) is 4.39 Å². The SMILES string of the molecule is O=[N+]([O-])c1cccc(F)c1Oc1nsnc1Cl. The third-order valence-corrected chi connectivity index (χ3v) is 2.62. The first-order chi connectivity index (χ1) is 8.09. The van der Waals surface area contributed by atoms with Gasteiger partial charge in [0.25, 0.3) is 5.88 Å². The van der Waals surface area contributed by atoms with E-state index in [0.29, 0.717) is 0 Å². The minimum Gasteiger partial charge on any atom is -0.425 e. The van der Waals surface area contributed by atoms with Crippen molar-refractivity contribution < 1.29 is 14.1 Å². The lowest BCUT2D eigenvalue weighted by atomic mass is 10.3. The summed E-state index contributed by atoms with van der Waals surface area (Å²) in [7, 11) is 0. The third kappa shape index (κ3) is 2.32. The number of para-hydroxylation sites is 1. The van der Waals surface area contributed by atoms with Gasteiger partial charge in [-0.05, 0) is 6.07 Å². The van der Waals surface area contributed by atoms with E-state index in [0.717, 1.165) is 23.9 Å². The molecule has 0 atom stereocenters. The Morgan fingerprint density at radius 1 is 1.47 bits per heavy atom. The van der Waals surface area contributed by atoms with Gasteiger partial charge in [0.05, 0.1) is 16.7 Å². The standard InChI is InChI=1S/C8H3ClFN3O3S/c9-7-8(12-17-11-7)16-6-4(10)2-1-3-5(6)13(14)15/h1-3H. The lowest BCUT2D eigenvalue weighted by Crippen LogP contribution is -1.96. The molecule has 1 aromatic carbocycles. The van der Waals surface area contributed by atoms with Crippen LogP contribution in [0.4, 0.5) is 10.1 Å². The fraction of sp³-hybridized carbons (Fsp3) is 0. The van der Waals surface area contributed by atoms with Crippen LogP contribution in [0, 0.1) is 15.9 Å². The number of ether oxygens (including phenoxy) is 1. The zero-order valence-electron chi connectivity index (χ0n) is 7.96. The zero-order chi connectivity index (χ0) is 12.4. The smallest absolute Gasteiger partial charge is 0.314 e. The topological polar surface area (TPSA) is 78.2 Å². The lowest BCUT2D eigenvalue weighted by Gasteiger charge is -2.03. The molecule has 0 aliphatic rings. The summed E-state index contributed by atoms with van der Waals surface area (Å²) >= 11 is 6.35. The second-order valence-electron chi connectivity index (χ2n) is 2.81. The van der Waals surface area contributed by atoms with E-state index >= 15 is 0 Å². The summed E-state index contributed by atoms with van der Waals surface area (Å²) in [6, 6.07) is 3.36. The normalized spacial score (nSPS) is 10.2. The van der Waals surface area contributed by atoms with Crippen LogP contribution in [0.2, 0.25) is 5.15 Å². The Morgan fingerprint density at radius 2 is 2.24 bits per heavy atom. The summed E-state index contributed by atoms with van der Waals surface area (Å²) in [6.45, 7) is 0. The van der Waals surface area contributed by atoms with Gasteiger partial charge in [0.2, 0.25) is 10.9 Å². The molecule has 0 bridgehead atoms. The van der Waals surface area contributed by atoms with Crippen molar-refractivity contribution >= 4 is 29.0 Å². The number of hydrogen-bond acceptors (Lipinski definition) is 6. The molecular weight excluding hydrogens is 273 g/mol. The van der Waals surface area contributed by atoms with Crippen LogP contribution in [0.5, 0.6) is 11.6 Å². The van der Waals surface area contributed by atoms with E-state index < -0.39 is 22.2 Å². The van der Waals surface area contributed by atoms with Gasteiger partial charge in [-0.2, -0.15) is 4.37 Å². The van der Waals surface area contributed by atoms with Gasteiger partial charge in [-0.3, -0.25) is 10.1 Å². The Bertz CT molecular complexity index is 577. The molecule has 1 heterocycles. The van der Waals surface area contributed by atoms with Crippen molar-refractivity contribution in [1.82, 2.24) is 8.75 Å². The molecule has 0 saturated heterocycles. The van der Waals surface area contributed by atoms with E-state index in [1.54, 1.807) is 0 Å². The van der Waals surface area contributed by atoms with Gasteiger partial charge in [0, 0.05) is 6.07 Å². The monoisotopic (exact) mass is 275 g/mol. The molecule has 0 N–H and O–H groups in total. The maximum absolute atomic E-state index is 13.4. The van der Waals surface area contributed by atoms with Crippen molar-refractivity contribution in [3.63, 3.8) is 0 Å². The quantitative estimate of drug-likeness (QED) is 0.635. The molecule has 2 rings (SSSR count). The van der Waals surface area contributed by atoms with Crippen LogP contribution in [0.25, 0.3) is 0 Å². The first-order valence-corrected chi connectivity index (χ1v) is 5.29. The highest BCUT2D eigenvalue weighted by molar-refractivity contribution is 6.99. The van der Waals surface area contributed by atoms with Crippen LogP contribution in [0.15, 0.2) is 18.2 Å². The number of halogens is 2. The van der Waals surface area contributed by atoms with E-state index in [1.165, 1.54) is 6.07 Å². The van der Waals surface area contributed by atoms with E-state index in [9.17, 15) is 14.5 Å². The summed E-state index contributed by atoms with van der Waals surface area (Å²) < 4.78 is 25.6. The molecule has 0 spiro atoms. The van der Waals surface area contributed by atoms with E-state index in [4.69, 9.17) is 16.3 Å². The average molecular weight is 276 g/mol. The number of aromatic nitrogens is 2. The van der Waals surface area contributed by atoms with E-state index in [2.05, 4.69) is 8.75 Å². The van der Waals surface area contributed by atoms with Crippen LogP contribution >= 0.6 is 23.3 Å². The van der Waals surface area contributed by atoms with E-state index in [-0.39, 0.29) is 11.0 Å². The number of rotatable bonds is 3. The van der Waals surface area contributed by atoms with Crippen molar-refractivity contribution in [3.8, 4) is 11.6 Å². The molecule has 88 valence electrons. The summed E-state index contributed by atoms with van der Waals surface area (Å²) in [5, 5.41) is 10.6. The molecule has 0 aliphatic carbocycles. The molecule has 0 saturated carbocycles. The largest absolute Gasteiger partial charge is 0.425 e. The Hall–Kier alpha value is -1.80.